The highest BCUT2D eigenvalue weighted by molar-refractivity contribution is 7.51. The van der Waals surface area contributed by atoms with Gasteiger partial charge in [-0.15, -0.1) is 11.3 Å². The Morgan fingerprint density at radius 1 is 1.16 bits per heavy atom. The molecule has 1 saturated carbocycles. The van der Waals surface area contributed by atoms with Gasteiger partial charge in [0.1, 0.15) is 17.8 Å². The Bertz CT molecular complexity index is 1910. The van der Waals surface area contributed by atoms with Gasteiger partial charge in [0.2, 0.25) is 17.7 Å². The molecule has 2 aromatic heterocycles. The van der Waals surface area contributed by atoms with Gasteiger partial charge in [0, 0.05) is 29.4 Å². The number of pyridine rings is 1. The Hall–Kier alpha value is -3.89. The highest BCUT2D eigenvalue weighted by atomic mass is 32.1. The van der Waals surface area contributed by atoms with E-state index in [9.17, 15) is 38.4 Å². The number of amides is 3. The van der Waals surface area contributed by atoms with Crippen molar-refractivity contribution < 1.29 is 37.9 Å². The van der Waals surface area contributed by atoms with E-state index in [0.717, 1.165) is 49.0 Å². The minimum Gasteiger partial charge on any atom is -0.495 e. The van der Waals surface area contributed by atoms with E-state index in [2.05, 4.69) is 16.4 Å². The molecule has 1 aromatic carbocycles. The van der Waals surface area contributed by atoms with E-state index in [1.807, 2.05) is 11.0 Å². The summed E-state index contributed by atoms with van der Waals surface area (Å²) in [5.41, 5.74) is 0.0757. The highest BCUT2D eigenvalue weighted by Gasteiger charge is 2.64. The molecular weight excluding hydrogens is 672 g/mol. The SMILES string of the molecule is COc1cncc([C@@H]2CN(C(=O)[C@@H]3CC[C@@H]4CCCCC(NC(=O)c5cc6cc([C@H](F)P(=O)(O)O)ccc6s5)C(=O)N43)C3(CC3)[C@H]2C#N)c1. The molecule has 3 N–H and O–H groups in total. The van der Waals surface area contributed by atoms with E-state index < -0.39 is 43.0 Å². The van der Waals surface area contributed by atoms with E-state index in [0.29, 0.717) is 41.6 Å². The molecule has 15 heteroatoms. The van der Waals surface area contributed by atoms with Crippen LogP contribution in [0, 0.1) is 17.2 Å². The lowest BCUT2D eigenvalue weighted by atomic mass is 9.85. The number of hydrogen-bond acceptors (Lipinski definition) is 8. The number of carbonyl (C=O) groups excluding carboxylic acids is 3. The van der Waals surface area contributed by atoms with Crippen molar-refractivity contribution in [2.24, 2.45) is 5.92 Å². The zero-order chi connectivity index (χ0) is 34.7. The molecule has 6 atom stereocenters. The number of halogens is 1. The van der Waals surface area contributed by atoms with Crippen LogP contribution in [0.4, 0.5) is 4.39 Å². The molecule has 0 bridgehead atoms. The van der Waals surface area contributed by atoms with Crippen molar-refractivity contribution >= 4 is 46.7 Å². The van der Waals surface area contributed by atoms with Gasteiger partial charge in [0.25, 0.3) is 5.91 Å². The number of hydrogen-bond donors (Lipinski definition) is 3. The molecule has 4 aliphatic rings. The van der Waals surface area contributed by atoms with Crippen molar-refractivity contribution in [3.8, 4) is 11.8 Å². The molecule has 3 aromatic rings. The predicted octanol–water partition coefficient (Wildman–Crippen LogP) is 4.78. The van der Waals surface area contributed by atoms with Gasteiger partial charge in [-0.2, -0.15) is 5.26 Å². The van der Waals surface area contributed by atoms with Gasteiger partial charge in [0.05, 0.1) is 35.7 Å². The number of methoxy groups -OCH3 is 1. The number of nitriles is 1. The molecule has 49 heavy (non-hydrogen) atoms. The van der Waals surface area contributed by atoms with Crippen molar-refractivity contribution in [1.29, 1.82) is 5.26 Å². The molecular formula is C34H37FN5O7PS. The molecule has 3 saturated heterocycles. The number of nitrogens with one attached hydrogen (secondary N) is 1. The minimum atomic E-state index is -5.00. The van der Waals surface area contributed by atoms with Crippen LogP contribution in [0.3, 0.4) is 0 Å². The lowest BCUT2D eigenvalue weighted by molar-refractivity contribution is -0.148. The third-order valence-electron chi connectivity index (χ3n) is 10.7. The fraction of sp³-hybridized carbons (Fsp3) is 0.500. The fourth-order valence-corrected chi connectivity index (χ4v) is 9.63. The number of rotatable bonds is 7. The number of benzene rings is 1. The molecule has 0 radical (unpaired) electrons. The molecule has 1 spiro atoms. The summed E-state index contributed by atoms with van der Waals surface area (Å²) in [5.74, 6) is -3.49. The molecule has 1 aliphatic carbocycles. The average Bonchev–Trinajstić information content (AvgIpc) is 3.43. The summed E-state index contributed by atoms with van der Waals surface area (Å²) in [6.45, 7) is 0.347. The number of nitrogens with zero attached hydrogens (tertiary/aromatic N) is 4. The molecule has 5 heterocycles. The van der Waals surface area contributed by atoms with E-state index in [1.165, 1.54) is 24.3 Å². The number of ether oxygens (including phenoxy) is 1. The van der Waals surface area contributed by atoms with Crippen LogP contribution in [0.2, 0.25) is 0 Å². The number of likely N-dealkylation sites (tertiary alicyclic amines) is 1. The number of aromatic nitrogens is 1. The Balaban J connectivity index is 1.11. The van der Waals surface area contributed by atoms with Crippen LogP contribution in [-0.2, 0) is 14.2 Å². The van der Waals surface area contributed by atoms with Crippen LogP contribution >= 0.6 is 18.9 Å². The monoisotopic (exact) mass is 709 g/mol. The van der Waals surface area contributed by atoms with Crippen LogP contribution in [0.25, 0.3) is 10.1 Å². The van der Waals surface area contributed by atoms with Crippen LogP contribution in [0.1, 0.15) is 84.0 Å². The quantitative estimate of drug-likeness (QED) is 0.292. The standard InChI is InChI=1S/C34H37FN5O7PS/c1-47-23-13-21(16-37-17-23)24-18-39(34(10-11-34)25(24)15-36)33(43)27-8-7-22-4-2-3-5-26(32(42)40(22)27)38-31(41)29-14-20-12-19(6-9-28(20)49-29)30(35)48(44,45)46/h6,9,12-14,16-17,22,24-27,30H,2-5,7-8,10-11,18H2,1H3,(H,38,41)(H2,44,45,46)/t22-,24-,25-,26?,27-,30+/m0/s1. The third-order valence-corrected chi connectivity index (χ3v) is 12.7. The third kappa shape index (κ3) is 6.01. The molecule has 258 valence electrons. The van der Waals surface area contributed by atoms with Gasteiger partial charge in [0.15, 0.2) is 0 Å². The summed E-state index contributed by atoms with van der Waals surface area (Å²) in [7, 11) is -3.44. The van der Waals surface area contributed by atoms with E-state index >= 15 is 0 Å². The first kappa shape index (κ1) is 33.6. The largest absolute Gasteiger partial charge is 0.495 e. The number of fused-ring (bicyclic) bond motifs is 2. The second-order valence-electron chi connectivity index (χ2n) is 13.6. The van der Waals surface area contributed by atoms with Crippen molar-refractivity contribution in [3.05, 3.63) is 58.7 Å². The van der Waals surface area contributed by atoms with Gasteiger partial charge in [-0.05, 0) is 79.3 Å². The Morgan fingerprint density at radius 3 is 2.65 bits per heavy atom. The van der Waals surface area contributed by atoms with Crippen molar-refractivity contribution in [2.75, 3.05) is 13.7 Å². The average molecular weight is 710 g/mol. The second-order valence-corrected chi connectivity index (χ2v) is 16.3. The van der Waals surface area contributed by atoms with Crippen LogP contribution < -0.4 is 10.1 Å². The van der Waals surface area contributed by atoms with Crippen molar-refractivity contribution in [1.82, 2.24) is 20.1 Å². The van der Waals surface area contributed by atoms with Gasteiger partial charge in [-0.1, -0.05) is 18.9 Å². The molecule has 3 aliphatic heterocycles. The number of thiophene rings is 1. The van der Waals surface area contributed by atoms with Gasteiger partial charge in [-0.3, -0.25) is 23.9 Å². The Kier molecular flexibility index (Phi) is 8.76. The molecule has 3 amide bonds. The Labute approximate surface area is 286 Å². The zero-order valence-corrected chi connectivity index (χ0v) is 28.5. The smallest absolute Gasteiger partial charge is 0.363 e. The first-order chi connectivity index (χ1) is 23.4. The normalized spacial score (nSPS) is 26.9. The molecule has 4 fully saturated rings. The second kappa shape index (κ2) is 12.8. The molecule has 12 nitrogen and oxygen atoms in total. The van der Waals surface area contributed by atoms with Crippen LogP contribution in [0.5, 0.6) is 5.75 Å². The van der Waals surface area contributed by atoms with Crippen molar-refractivity contribution in [3.63, 3.8) is 0 Å². The summed E-state index contributed by atoms with van der Waals surface area (Å²) >= 11 is 1.13. The Morgan fingerprint density at radius 2 is 1.94 bits per heavy atom. The van der Waals surface area contributed by atoms with E-state index in [4.69, 9.17) is 4.74 Å². The maximum Gasteiger partial charge on any atom is 0.363 e. The summed E-state index contributed by atoms with van der Waals surface area (Å²) in [5, 5.41) is 13.7. The van der Waals surface area contributed by atoms with Crippen molar-refractivity contribution in [2.45, 2.75) is 86.9 Å². The maximum absolute atomic E-state index is 14.5. The fourth-order valence-electron chi connectivity index (χ4n) is 8.14. The molecule has 7 rings (SSSR count). The molecule has 1 unspecified atom stereocenters. The van der Waals surface area contributed by atoms with E-state index in [-0.39, 0.29) is 34.2 Å². The van der Waals surface area contributed by atoms with Gasteiger partial charge in [-0.25, -0.2) is 4.39 Å². The van der Waals surface area contributed by atoms with Crippen LogP contribution in [-0.4, -0.2) is 79.6 Å². The van der Waals surface area contributed by atoms with E-state index in [1.54, 1.807) is 24.4 Å². The lowest BCUT2D eigenvalue weighted by Crippen LogP contribution is -2.57. The lowest BCUT2D eigenvalue weighted by Gasteiger charge is -2.37. The number of carbonyl (C=O) groups is 3. The summed E-state index contributed by atoms with van der Waals surface area (Å²) in [4.78, 5) is 68.9. The topological polar surface area (TPSA) is 173 Å². The predicted molar refractivity (Wildman–Crippen MR) is 177 cm³/mol. The summed E-state index contributed by atoms with van der Waals surface area (Å²) in [6.07, 6.45) is 8.68. The first-order valence-corrected chi connectivity index (χ1v) is 19.0. The van der Waals surface area contributed by atoms with Gasteiger partial charge < -0.3 is 29.6 Å². The highest BCUT2D eigenvalue weighted by Crippen LogP contribution is 2.58. The number of alkyl halides is 1. The first-order valence-electron chi connectivity index (χ1n) is 16.5. The summed E-state index contributed by atoms with van der Waals surface area (Å²) in [6, 6.07) is 8.30. The van der Waals surface area contributed by atoms with Gasteiger partial charge >= 0.3 is 7.60 Å². The maximum atomic E-state index is 14.5. The summed E-state index contributed by atoms with van der Waals surface area (Å²) < 4.78 is 31.8. The minimum absolute atomic E-state index is 0.130. The van der Waals surface area contributed by atoms with Crippen LogP contribution in [0.15, 0.2) is 42.7 Å². The zero-order valence-electron chi connectivity index (χ0n) is 26.8.